The molecule has 2 aromatic carbocycles. The first-order valence-electron chi connectivity index (χ1n) is 5.94. The zero-order chi connectivity index (χ0) is 11.9. The van der Waals surface area contributed by atoms with Crippen molar-refractivity contribution in [3.05, 3.63) is 71.5 Å². The highest BCUT2D eigenvalue weighted by molar-refractivity contribution is 5.15. The topological polar surface area (TPSA) is 16.6 Å². The van der Waals surface area contributed by atoms with E-state index in [0.717, 1.165) is 19.5 Å². The summed E-state index contributed by atoms with van der Waals surface area (Å²) in [5, 5.41) is 2.25. The fourth-order valence-corrected chi connectivity index (χ4v) is 1.80. The maximum absolute atomic E-state index is 12.7. The Kier molecular flexibility index (Phi) is 4.28. The summed E-state index contributed by atoms with van der Waals surface area (Å²) < 4.78 is 12.7. The van der Waals surface area contributed by atoms with E-state index in [9.17, 15) is 4.39 Å². The minimum absolute atomic E-state index is 0.168. The highest BCUT2D eigenvalue weighted by Gasteiger charge is 1.97. The second kappa shape index (κ2) is 6.16. The lowest BCUT2D eigenvalue weighted by molar-refractivity contribution is -0.670. The molecule has 2 rings (SSSR count). The molecule has 0 bridgehead atoms. The average Bonchev–Trinajstić information content (AvgIpc) is 2.38. The molecule has 0 amide bonds. The van der Waals surface area contributed by atoms with Gasteiger partial charge in [-0.15, -0.1) is 0 Å². The Morgan fingerprint density at radius 2 is 1.53 bits per heavy atom. The van der Waals surface area contributed by atoms with Gasteiger partial charge < -0.3 is 5.32 Å². The lowest BCUT2D eigenvalue weighted by atomic mass is 10.1. The van der Waals surface area contributed by atoms with Crippen molar-refractivity contribution in [2.75, 3.05) is 6.54 Å². The summed E-state index contributed by atoms with van der Waals surface area (Å²) in [6.07, 6.45) is 1.07. The van der Waals surface area contributed by atoms with Gasteiger partial charge in [0.05, 0.1) is 6.54 Å². The quantitative estimate of drug-likeness (QED) is 0.758. The van der Waals surface area contributed by atoms with Gasteiger partial charge in [-0.2, -0.15) is 0 Å². The van der Waals surface area contributed by atoms with Crippen molar-refractivity contribution in [2.24, 2.45) is 0 Å². The van der Waals surface area contributed by atoms with Gasteiger partial charge in [0.25, 0.3) is 0 Å². The molecular weight excluding hydrogens is 213 g/mol. The molecule has 0 radical (unpaired) electrons. The third-order valence-electron chi connectivity index (χ3n) is 2.77. The molecular formula is C15H17FN+. The maximum atomic E-state index is 12.7. The number of benzene rings is 2. The monoisotopic (exact) mass is 230 g/mol. The van der Waals surface area contributed by atoms with E-state index < -0.39 is 0 Å². The molecule has 0 heterocycles. The van der Waals surface area contributed by atoms with Crippen molar-refractivity contribution in [3.8, 4) is 0 Å². The average molecular weight is 230 g/mol. The number of nitrogens with two attached hydrogens (primary N) is 1. The van der Waals surface area contributed by atoms with Crippen molar-refractivity contribution in [3.63, 3.8) is 0 Å². The number of hydrogen-bond acceptors (Lipinski definition) is 0. The zero-order valence-corrected chi connectivity index (χ0v) is 9.77. The van der Waals surface area contributed by atoms with Crippen molar-refractivity contribution >= 4 is 0 Å². The number of quaternary nitrogens is 1. The van der Waals surface area contributed by atoms with Crippen molar-refractivity contribution in [2.45, 2.75) is 13.0 Å². The van der Waals surface area contributed by atoms with Gasteiger partial charge in [0.2, 0.25) is 0 Å². The van der Waals surface area contributed by atoms with Gasteiger partial charge in [-0.05, 0) is 17.7 Å². The number of halogens is 1. The van der Waals surface area contributed by atoms with Gasteiger partial charge in [0, 0.05) is 12.0 Å². The Morgan fingerprint density at radius 1 is 0.824 bits per heavy atom. The highest BCUT2D eigenvalue weighted by Crippen LogP contribution is 2.00. The standard InChI is InChI=1S/C15H16FN/c16-15-8-6-14(7-9-15)12-17-11-10-13-4-2-1-3-5-13/h1-9,17H,10-12H2/p+1. The van der Waals surface area contributed by atoms with Crippen LogP contribution >= 0.6 is 0 Å². The summed E-state index contributed by atoms with van der Waals surface area (Å²) in [6.45, 7) is 1.97. The minimum atomic E-state index is -0.168. The summed E-state index contributed by atoms with van der Waals surface area (Å²) in [7, 11) is 0. The van der Waals surface area contributed by atoms with E-state index in [1.165, 1.54) is 23.3 Å². The fourth-order valence-electron chi connectivity index (χ4n) is 1.80. The van der Waals surface area contributed by atoms with Crippen LogP contribution in [0.15, 0.2) is 54.6 Å². The van der Waals surface area contributed by atoms with Crippen LogP contribution in [0.1, 0.15) is 11.1 Å². The summed E-state index contributed by atoms with van der Waals surface area (Å²) in [6, 6.07) is 17.2. The first kappa shape index (κ1) is 11.8. The molecule has 0 fully saturated rings. The van der Waals surface area contributed by atoms with Crippen molar-refractivity contribution in [1.82, 2.24) is 0 Å². The first-order valence-corrected chi connectivity index (χ1v) is 5.94. The molecule has 0 aromatic heterocycles. The van der Waals surface area contributed by atoms with E-state index in [-0.39, 0.29) is 5.82 Å². The molecule has 88 valence electrons. The molecule has 0 atom stereocenters. The molecule has 0 spiro atoms. The molecule has 2 aromatic rings. The maximum Gasteiger partial charge on any atom is 0.123 e. The molecule has 0 saturated carbocycles. The van der Waals surface area contributed by atoms with Crippen molar-refractivity contribution in [1.29, 1.82) is 0 Å². The van der Waals surface area contributed by atoms with Crippen molar-refractivity contribution < 1.29 is 9.71 Å². The summed E-state index contributed by atoms with van der Waals surface area (Å²) >= 11 is 0. The Hall–Kier alpha value is -1.67. The lowest BCUT2D eigenvalue weighted by Gasteiger charge is -2.02. The molecule has 2 N–H and O–H groups in total. The number of hydrogen-bond donors (Lipinski definition) is 1. The van der Waals surface area contributed by atoms with Crippen LogP contribution in [0.5, 0.6) is 0 Å². The molecule has 0 aliphatic carbocycles. The van der Waals surface area contributed by atoms with Gasteiger partial charge in [0.15, 0.2) is 0 Å². The second-order valence-electron chi connectivity index (χ2n) is 4.14. The van der Waals surface area contributed by atoms with E-state index in [2.05, 4.69) is 29.6 Å². The first-order chi connectivity index (χ1) is 8.34. The molecule has 17 heavy (non-hydrogen) atoms. The van der Waals surface area contributed by atoms with Gasteiger partial charge >= 0.3 is 0 Å². The fraction of sp³-hybridized carbons (Fsp3) is 0.200. The minimum Gasteiger partial charge on any atom is -0.342 e. The molecule has 0 unspecified atom stereocenters. The Bertz CT molecular complexity index is 436. The molecule has 2 heteroatoms. The molecule has 0 aliphatic rings. The molecule has 1 nitrogen and oxygen atoms in total. The predicted molar refractivity (Wildman–Crippen MR) is 67.0 cm³/mol. The molecule has 0 saturated heterocycles. The largest absolute Gasteiger partial charge is 0.342 e. The predicted octanol–water partition coefficient (Wildman–Crippen LogP) is 2.13. The van der Waals surface area contributed by atoms with Gasteiger partial charge in [-0.25, -0.2) is 4.39 Å². The van der Waals surface area contributed by atoms with Gasteiger partial charge in [0.1, 0.15) is 12.4 Å². The summed E-state index contributed by atoms with van der Waals surface area (Å²) in [5.41, 5.74) is 2.53. The normalized spacial score (nSPS) is 10.4. The van der Waals surface area contributed by atoms with Gasteiger partial charge in [-0.3, -0.25) is 0 Å². The van der Waals surface area contributed by atoms with Crippen LogP contribution in [0.4, 0.5) is 4.39 Å². The summed E-state index contributed by atoms with van der Waals surface area (Å²) in [4.78, 5) is 0. The molecule has 0 aliphatic heterocycles. The zero-order valence-electron chi connectivity index (χ0n) is 9.77. The van der Waals surface area contributed by atoms with Crippen LogP contribution in [-0.4, -0.2) is 6.54 Å². The Labute approximate surface area is 101 Å². The Morgan fingerprint density at radius 3 is 2.24 bits per heavy atom. The lowest BCUT2D eigenvalue weighted by Crippen LogP contribution is -2.83. The van der Waals surface area contributed by atoms with Crippen LogP contribution in [0, 0.1) is 5.82 Å². The number of rotatable bonds is 5. The van der Waals surface area contributed by atoms with Crippen LogP contribution < -0.4 is 5.32 Å². The third-order valence-corrected chi connectivity index (χ3v) is 2.77. The highest BCUT2D eigenvalue weighted by atomic mass is 19.1. The van der Waals surface area contributed by atoms with E-state index in [1.54, 1.807) is 0 Å². The smallest absolute Gasteiger partial charge is 0.123 e. The van der Waals surface area contributed by atoms with E-state index in [0.29, 0.717) is 0 Å². The third kappa shape index (κ3) is 4.00. The van der Waals surface area contributed by atoms with E-state index in [4.69, 9.17) is 0 Å². The van der Waals surface area contributed by atoms with Crippen LogP contribution in [-0.2, 0) is 13.0 Å². The van der Waals surface area contributed by atoms with Gasteiger partial charge in [-0.1, -0.05) is 42.5 Å². The van der Waals surface area contributed by atoms with Crippen LogP contribution in [0.3, 0.4) is 0 Å². The van der Waals surface area contributed by atoms with Crippen LogP contribution in [0.25, 0.3) is 0 Å². The SMILES string of the molecule is Fc1ccc(C[NH2+]CCc2ccccc2)cc1. The van der Waals surface area contributed by atoms with E-state index in [1.807, 2.05) is 18.2 Å². The van der Waals surface area contributed by atoms with E-state index >= 15 is 0 Å². The second-order valence-corrected chi connectivity index (χ2v) is 4.14. The van der Waals surface area contributed by atoms with Crippen LogP contribution in [0.2, 0.25) is 0 Å². The summed E-state index contributed by atoms with van der Waals surface area (Å²) in [5.74, 6) is -0.168. The Balaban J connectivity index is 1.71.